The second-order valence-electron chi connectivity index (χ2n) is 4.29. The minimum absolute atomic E-state index is 0.133. The summed E-state index contributed by atoms with van der Waals surface area (Å²) in [6, 6.07) is 2.28. The van der Waals surface area contributed by atoms with Gasteiger partial charge in [0.05, 0.1) is 12.0 Å². The molecule has 0 aliphatic rings. The van der Waals surface area contributed by atoms with E-state index in [1.165, 1.54) is 6.42 Å². The second-order valence-corrected chi connectivity index (χ2v) is 4.67. The highest BCUT2D eigenvalue weighted by Gasteiger charge is 2.09. The van der Waals surface area contributed by atoms with Gasteiger partial charge in [-0.3, -0.25) is 0 Å². The lowest BCUT2D eigenvalue weighted by Crippen LogP contribution is -2.30. The number of nitriles is 1. The fourth-order valence-corrected chi connectivity index (χ4v) is 1.91. The highest BCUT2D eigenvalue weighted by Crippen LogP contribution is 2.10. The standard InChI is InChI=1S/C12H23ClN2/c1-4-15(10-12(3)9-14)8-6-11(2)5-7-13/h11-12H,4-8,10H2,1-3H3. The van der Waals surface area contributed by atoms with Crippen LogP contribution in [-0.4, -0.2) is 30.4 Å². The van der Waals surface area contributed by atoms with Crippen molar-refractivity contribution >= 4 is 11.6 Å². The molecular weight excluding hydrogens is 208 g/mol. The van der Waals surface area contributed by atoms with Crippen LogP contribution in [0.4, 0.5) is 0 Å². The maximum absolute atomic E-state index is 8.75. The van der Waals surface area contributed by atoms with Gasteiger partial charge >= 0.3 is 0 Å². The van der Waals surface area contributed by atoms with Gasteiger partial charge in [-0.25, -0.2) is 0 Å². The molecule has 0 radical (unpaired) electrons. The molecule has 0 aromatic rings. The quantitative estimate of drug-likeness (QED) is 0.599. The molecule has 0 aliphatic carbocycles. The predicted molar refractivity (Wildman–Crippen MR) is 66.0 cm³/mol. The van der Waals surface area contributed by atoms with Gasteiger partial charge in [-0.1, -0.05) is 13.8 Å². The summed E-state index contributed by atoms with van der Waals surface area (Å²) < 4.78 is 0. The molecule has 15 heavy (non-hydrogen) atoms. The SMILES string of the molecule is CCN(CCC(C)CCCl)CC(C)C#N. The van der Waals surface area contributed by atoms with Gasteiger partial charge in [0.1, 0.15) is 0 Å². The van der Waals surface area contributed by atoms with Crippen LogP contribution < -0.4 is 0 Å². The summed E-state index contributed by atoms with van der Waals surface area (Å²) in [5, 5.41) is 8.75. The molecule has 0 aliphatic heterocycles. The number of hydrogen-bond acceptors (Lipinski definition) is 2. The average Bonchev–Trinajstić information content (AvgIpc) is 2.24. The first-order chi connectivity index (χ1) is 7.13. The molecule has 0 fully saturated rings. The van der Waals surface area contributed by atoms with E-state index >= 15 is 0 Å². The zero-order valence-electron chi connectivity index (χ0n) is 10.2. The summed E-state index contributed by atoms with van der Waals surface area (Å²) in [7, 11) is 0. The van der Waals surface area contributed by atoms with E-state index in [0.29, 0.717) is 5.92 Å². The van der Waals surface area contributed by atoms with Gasteiger partial charge < -0.3 is 4.90 Å². The van der Waals surface area contributed by atoms with E-state index in [1.54, 1.807) is 0 Å². The zero-order valence-corrected chi connectivity index (χ0v) is 10.9. The Morgan fingerprint density at radius 1 is 1.33 bits per heavy atom. The van der Waals surface area contributed by atoms with Crippen molar-refractivity contribution < 1.29 is 0 Å². The number of nitrogens with zero attached hydrogens (tertiary/aromatic N) is 2. The lowest BCUT2D eigenvalue weighted by atomic mass is 10.0. The summed E-state index contributed by atoms with van der Waals surface area (Å²) in [5.74, 6) is 1.57. The lowest BCUT2D eigenvalue weighted by Gasteiger charge is -2.23. The Labute approximate surface area is 99.2 Å². The van der Waals surface area contributed by atoms with Crippen LogP contribution in [-0.2, 0) is 0 Å². The molecule has 2 nitrogen and oxygen atoms in total. The topological polar surface area (TPSA) is 27.0 Å². The van der Waals surface area contributed by atoms with Crippen molar-refractivity contribution in [2.45, 2.75) is 33.6 Å². The molecule has 0 bridgehead atoms. The second kappa shape index (κ2) is 9.00. The van der Waals surface area contributed by atoms with E-state index in [-0.39, 0.29) is 5.92 Å². The van der Waals surface area contributed by atoms with Gasteiger partial charge in [-0.2, -0.15) is 5.26 Å². The van der Waals surface area contributed by atoms with E-state index in [2.05, 4.69) is 24.8 Å². The Balaban J connectivity index is 3.75. The first-order valence-electron chi connectivity index (χ1n) is 5.81. The molecule has 0 rings (SSSR count). The molecule has 0 amide bonds. The van der Waals surface area contributed by atoms with E-state index in [0.717, 1.165) is 31.9 Å². The van der Waals surface area contributed by atoms with Crippen LogP contribution >= 0.6 is 11.6 Å². The third kappa shape index (κ3) is 7.64. The minimum atomic E-state index is 0.133. The van der Waals surface area contributed by atoms with E-state index in [4.69, 9.17) is 16.9 Å². The van der Waals surface area contributed by atoms with Crippen molar-refractivity contribution in [3.63, 3.8) is 0 Å². The molecule has 0 aromatic heterocycles. The third-order valence-corrected chi connectivity index (χ3v) is 2.96. The third-order valence-electron chi connectivity index (χ3n) is 2.74. The summed E-state index contributed by atoms with van der Waals surface area (Å²) in [4.78, 5) is 2.35. The van der Waals surface area contributed by atoms with Crippen LogP contribution in [0.5, 0.6) is 0 Å². The monoisotopic (exact) mass is 230 g/mol. The summed E-state index contributed by atoms with van der Waals surface area (Å²) >= 11 is 5.70. The number of hydrogen-bond donors (Lipinski definition) is 0. The van der Waals surface area contributed by atoms with Gasteiger partial charge in [0, 0.05) is 12.4 Å². The van der Waals surface area contributed by atoms with Crippen molar-refractivity contribution in [3.8, 4) is 6.07 Å². The van der Waals surface area contributed by atoms with Crippen LogP contribution in [0.3, 0.4) is 0 Å². The van der Waals surface area contributed by atoms with E-state index in [9.17, 15) is 0 Å². The Kier molecular flexibility index (Phi) is 8.85. The average molecular weight is 231 g/mol. The number of alkyl halides is 1. The molecule has 0 N–H and O–H groups in total. The highest BCUT2D eigenvalue weighted by molar-refractivity contribution is 6.17. The van der Waals surface area contributed by atoms with Crippen LogP contribution in [0.1, 0.15) is 33.6 Å². The maximum Gasteiger partial charge on any atom is 0.0666 e. The largest absolute Gasteiger partial charge is 0.302 e. The van der Waals surface area contributed by atoms with Gasteiger partial charge in [0.25, 0.3) is 0 Å². The summed E-state index contributed by atoms with van der Waals surface area (Å²) in [5.41, 5.74) is 0. The summed E-state index contributed by atoms with van der Waals surface area (Å²) in [6.07, 6.45) is 2.27. The molecule has 0 aromatic carbocycles. The molecular formula is C12H23ClN2. The van der Waals surface area contributed by atoms with Crippen LogP contribution in [0.2, 0.25) is 0 Å². The predicted octanol–water partition coefficient (Wildman–Crippen LogP) is 3.12. The van der Waals surface area contributed by atoms with Crippen molar-refractivity contribution in [2.75, 3.05) is 25.5 Å². The molecule has 0 heterocycles. The molecule has 0 saturated carbocycles. The smallest absolute Gasteiger partial charge is 0.0666 e. The van der Waals surface area contributed by atoms with Crippen molar-refractivity contribution in [1.29, 1.82) is 5.26 Å². The minimum Gasteiger partial charge on any atom is -0.302 e. The zero-order chi connectivity index (χ0) is 11.7. The van der Waals surface area contributed by atoms with E-state index < -0.39 is 0 Å². The molecule has 0 spiro atoms. The molecule has 3 heteroatoms. The Bertz CT molecular complexity index is 189. The van der Waals surface area contributed by atoms with Crippen molar-refractivity contribution in [2.24, 2.45) is 11.8 Å². The van der Waals surface area contributed by atoms with Gasteiger partial charge in [-0.15, -0.1) is 11.6 Å². The fraction of sp³-hybridized carbons (Fsp3) is 0.917. The Hall–Kier alpha value is -0.260. The van der Waals surface area contributed by atoms with Gasteiger partial charge in [0.15, 0.2) is 0 Å². The Morgan fingerprint density at radius 2 is 2.00 bits per heavy atom. The lowest BCUT2D eigenvalue weighted by molar-refractivity contribution is 0.249. The normalized spacial score (nSPS) is 14.9. The van der Waals surface area contributed by atoms with Crippen LogP contribution in [0.25, 0.3) is 0 Å². The highest BCUT2D eigenvalue weighted by atomic mass is 35.5. The molecule has 2 atom stereocenters. The van der Waals surface area contributed by atoms with Gasteiger partial charge in [-0.05, 0) is 38.8 Å². The molecule has 2 unspecified atom stereocenters. The number of rotatable bonds is 8. The van der Waals surface area contributed by atoms with E-state index in [1.807, 2.05) is 6.92 Å². The van der Waals surface area contributed by atoms with Crippen LogP contribution in [0, 0.1) is 23.2 Å². The fourth-order valence-electron chi connectivity index (χ4n) is 1.54. The van der Waals surface area contributed by atoms with Crippen molar-refractivity contribution in [3.05, 3.63) is 0 Å². The van der Waals surface area contributed by atoms with Crippen molar-refractivity contribution in [1.82, 2.24) is 4.90 Å². The first kappa shape index (κ1) is 14.7. The number of halogens is 1. The first-order valence-corrected chi connectivity index (χ1v) is 6.35. The molecule has 88 valence electrons. The maximum atomic E-state index is 8.75. The summed E-state index contributed by atoms with van der Waals surface area (Å²) in [6.45, 7) is 9.37. The Morgan fingerprint density at radius 3 is 2.47 bits per heavy atom. The van der Waals surface area contributed by atoms with Crippen LogP contribution in [0.15, 0.2) is 0 Å². The van der Waals surface area contributed by atoms with Gasteiger partial charge in [0.2, 0.25) is 0 Å². The molecule has 0 saturated heterocycles.